The van der Waals surface area contributed by atoms with Gasteiger partial charge in [0.15, 0.2) is 11.5 Å². The van der Waals surface area contributed by atoms with Crippen LogP contribution in [0.1, 0.15) is 12.5 Å². The van der Waals surface area contributed by atoms with Crippen LogP contribution < -0.4 is 9.64 Å². The van der Waals surface area contributed by atoms with Gasteiger partial charge in [0.25, 0.3) is 5.91 Å². The molecule has 0 unspecified atom stereocenters. The molecule has 172 valence electrons. The molecule has 0 aliphatic carbocycles. The zero-order valence-electron chi connectivity index (χ0n) is 18.2. The number of ether oxygens (including phenoxy) is 2. The number of carbonyl (C=O) groups excluding carboxylic acids is 3. The van der Waals surface area contributed by atoms with Gasteiger partial charge in [-0.15, -0.1) is 0 Å². The van der Waals surface area contributed by atoms with Crippen LogP contribution >= 0.6 is 15.9 Å². The normalized spacial score (nSPS) is 17.0. The predicted molar refractivity (Wildman–Crippen MR) is 127 cm³/mol. The van der Waals surface area contributed by atoms with Gasteiger partial charge in [0.2, 0.25) is 5.91 Å². The summed E-state index contributed by atoms with van der Waals surface area (Å²) in [5.41, 5.74) is 1.34. The lowest BCUT2D eigenvalue weighted by Gasteiger charge is -2.36. The molecule has 2 aromatic rings. The number of hydrogen-bond acceptors (Lipinski definition) is 5. The Morgan fingerprint density at radius 3 is 2.42 bits per heavy atom. The number of fused-ring (bicyclic) bond motifs is 1. The van der Waals surface area contributed by atoms with E-state index in [9.17, 15) is 14.4 Å². The van der Waals surface area contributed by atoms with Gasteiger partial charge >= 0.3 is 6.09 Å². The molecule has 3 amide bonds. The number of amides is 3. The molecule has 33 heavy (non-hydrogen) atoms. The molecule has 2 aromatic carbocycles. The van der Waals surface area contributed by atoms with Crippen LogP contribution in [0.25, 0.3) is 6.08 Å². The third-order valence-electron chi connectivity index (χ3n) is 5.48. The molecule has 0 bridgehead atoms. The third kappa shape index (κ3) is 5.03. The highest BCUT2D eigenvalue weighted by Gasteiger charge is 2.34. The first-order valence-corrected chi connectivity index (χ1v) is 11.5. The fourth-order valence-corrected chi connectivity index (χ4v) is 4.14. The number of piperazine rings is 1. The van der Waals surface area contributed by atoms with Crippen molar-refractivity contribution in [3.05, 3.63) is 64.3 Å². The topological polar surface area (TPSA) is 79.4 Å². The van der Waals surface area contributed by atoms with Gasteiger partial charge in [-0.3, -0.25) is 14.5 Å². The minimum absolute atomic E-state index is 0.119. The molecule has 0 saturated carbocycles. The maximum atomic E-state index is 13.3. The van der Waals surface area contributed by atoms with Gasteiger partial charge in [0.1, 0.15) is 6.54 Å². The second-order valence-corrected chi connectivity index (χ2v) is 8.41. The standard InChI is InChI=1S/C24H24BrN3O5/c1-2-32-24(31)27-13-11-26(12-14-27)22(29)16-28-19-9-5-6-10-20(19)33-21(23(28)30)15-17-7-3-4-8-18(17)25/h3-10,15H,2,11-14,16H2,1H3. The first-order chi connectivity index (χ1) is 16.0. The van der Waals surface area contributed by atoms with Crippen LogP contribution in [0.4, 0.5) is 10.5 Å². The average Bonchev–Trinajstić information content (AvgIpc) is 2.83. The maximum absolute atomic E-state index is 13.3. The van der Waals surface area contributed by atoms with Crippen LogP contribution in [0.2, 0.25) is 0 Å². The van der Waals surface area contributed by atoms with E-state index in [2.05, 4.69) is 15.9 Å². The van der Waals surface area contributed by atoms with E-state index in [1.807, 2.05) is 30.3 Å². The Morgan fingerprint density at radius 1 is 1.03 bits per heavy atom. The van der Waals surface area contributed by atoms with Crippen LogP contribution in [0.3, 0.4) is 0 Å². The first-order valence-electron chi connectivity index (χ1n) is 10.7. The first kappa shape index (κ1) is 22.8. The molecular formula is C24H24BrN3O5. The van der Waals surface area contributed by atoms with Crippen molar-refractivity contribution >= 4 is 45.6 Å². The van der Waals surface area contributed by atoms with Crippen molar-refractivity contribution < 1.29 is 23.9 Å². The second kappa shape index (κ2) is 10.1. The SMILES string of the molecule is CCOC(=O)N1CCN(C(=O)CN2C(=O)C(=Cc3ccccc3Br)Oc3ccccc32)CC1. The van der Waals surface area contributed by atoms with E-state index in [0.717, 1.165) is 10.0 Å². The van der Waals surface area contributed by atoms with Crippen LogP contribution in [0, 0.1) is 0 Å². The highest BCUT2D eigenvalue weighted by atomic mass is 79.9. The van der Waals surface area contributed by atoms with Gasteiger partial charge < -0.3 is 19.3 Å². The van der Waals surface area contributed by atoms with Gasteiger partial charge in [-0.2, -0.15) is 0 Å². The molecule has 2 aliphatic rings. The molecular weight excluding hydrogens is 490 g/mol. The highest BCUT2D eigenvalue weighted by molar-refractivity contribution is 9.10. The smallest absolute Gasteiger partial charge is 0.409 e. The summed E-state index contributed by atoms with van der Waals surface area (Å²) in [6.07, 6.45) is 1.29. The molecule has 2 aliphatic heterocycles. The number of halogens is 1. The van der Waals surface area contributed by atoms with Crippen molar-refractivity contribution in [3.8, 4) is 5.75 Å². The summed E-state index contributed by atoms with van der Waals surface area (Å²) in [4.78, 5) is 43.0. The van der Waals surface area contributed by atoms with Gasteiger partial charge in [-0.05, 0) is 36.8 Å². The molecule has 0 N–H and O–H groups in total. The van der Waals surface area contributed by atoms with E-state index >= 15 is 0 Å². The number of benzene rings is 2. The fraction of sp³-hybridized carbons (Fsp3) is 0.292. The minimum Gasteiger partial charge on any atom is -0.450 e. The molecule has 2 heterocycles. The molecule has 0 radical (unpaired) electrons. The lowest BCUT2D eigenvalue weighted by Crippen LogP contribution is -2.53. The van der Waals surface area contributed by atoms with Crippen LogP contribution in [0.5, 0.6) is 5.75 Å². The summed E-state index contributed by atoms with van der Waals surface area (Å²) in [7, 11) is 0. The minimum atomic E-state index is -0.386. The molecule has 0 aromatic heterocycles. The fourth-order valence-electron chi connectivity index (χ4n) is 3.74. The van der Waals surface area contributed by atoms with E-state index in [1.165, 1.54) is 4.90 Å². The highest BCUT2D eigenvalue weighted by Crippen LogP contribution is 2.36. The van der Waals surface area contributed by atoms with Crippen molar-refractivity contribution in [1.82, 2.24) is 9.80 Å². The Kier molecular flexibility index (Phi) is 6.98. The Morgan fingerprint density at radius 2 is 1.70 bits per heavy atom. The Bertz CT molecular complexity index is 1100. The van der Waals surface area contributed by atoms with Crippen molar-refractivity contribution in [3.63, 3.8) is 0 Å². The number of hydrogen-bond donors (Lipinski definition) is 0. The van der Waals surface area contributed by atoms with Crippen LogP contribution in [-0.2, 0) is 14.3 Å². The monoisotopic (exact) mass is 513 g/mol. The van der Waals surface area contributed by atoms with Gasteiger partial charge in [-0.1, -0.05) is 46.3 Å². The van der Waals surface area contributed by atoms with E-state index < -0.39 is 0 Å². The Labute approximate surface area is 200 Å². The van der Waals surface area contributed by atoms with Gasteiger partial charge in [-0.25, -0.2) is 4.79 Å². The summed E-state index contributed by atoms with van der Waals surface area (Å²) >= 11 is 3.48. The molecule has 0 atom stereocenters. The summed E-state index contributed by atoms with van der Waals surface area (Å²) < 4.78 is 11.7. The lowest BCUT2D eigenvalue weighted by molar-refractivity contribution is -0.132. The van der Waals surface area contributed by atoms with Gasteiger partial charge in [0, 0.05) is 30.7 Å². The number of nitrogens with zero attached hydrogens (tertiary/aromatic N) is 3. The van der Waals surface area contributed by atoms with E-state index in [0.29, 0.717) is 44.2 Å². The molecule has 9 heteroatoms. The van der Waals surface area contributed by atoms with E-state index in [1.54, 1.807) is 41.0 Å². The quantitative estimate of drug-likeness (QED) is 0.584. The molecule has 1 saturated heterocycles. The van der Waals surface area contributed by atoms with Crippen molar-refractivity contribution in [2.24, 2.45) is 0 Å². The van der Waals surface area contributed by atoms with Crippen molar-refractivity contribution in [1.29, 1.82) is 0 Å². The van der Waals surface area contributed by atoms with Crippen molar-refractivity contribution in [2.75, 3.05) is 44.2 Å². The zero-order chi connectivity index (χ0) is 23.4. The largest absolute Gasteiger partial charge is 0.450 e. The second-order valence-electron chi connectivity index (χ2n) is 7.56. The predicted octanol–water partition coefficient (Wildman–Crippen LogP) is 3.52. The van der Waals surface area contributed by atoms with E-state index in [-0.39, 0.29) is 30.2 Å². The van der Waals surface area contributed by atoms with Crippen LogP contribution in [0.15, 0.2) is 58.8 Å². The third-order valence-corrected chi connectivity index (χ3v) is 6.20. The summed E-state index contributed by atoms with van der Waals surface area (Å²) in [6.45, 7) is 3.51. The van der Waals surface area contributed by atoms with Gasteiger partial charge in [0.05, 0.1) is 12.3 Å². The Hall–Kier alpha value is -3.33. The number of anilines is 1. The van der Waals surface area contributed by atoms with E-state index in [4.69, 9.17) is 9.47 Å². The summed E-state index contributed by atoms with van der Waals surface area (Å²) in [6, 6.07) is 14.7. The average molecular weight is 514 g/mol. The summed E-state index contributed by atoms with van der Waals surface area (Å²) in [5, 5.41) is 0. The number of para-hydroxylation sites is 2. The summed E-state index contributed by atoms with van der Waals surface area (Å²) in [5.74, 6) is 0.0719. The number of carbonyl (C=O) groups is 3. The van der Waals surface area contributed by atoms with Crippen LogP contribution in [-0.4, -0.2) is 67.0 Å². The molecule has 0 spiro atoms. The maximum Gasteiger partial charge on any atom is 0.409 e. The molecule has 1 fully saturated rings. The number of rotatable bonds is 4. The Balaban J connectivity index is 1.52. The zero-order valence-corrected chi connectivity index (χ0v) is 19.8. The van der Waals surface area contributed by atoms with Crippen molar-refractivity contribution in [2.45, 2.75) is 6.92 Å². The lowest BCUT2D eigenvalue weighted by atomic mass is 10.1. The molecule has 8 nitrogen and oxygen atoms in total. The molecule has 4 rings (SSSR count).